The van der Waals surface area contributed by atoms with Crippen LogP contribution in [0.15, 0.2) is 21.1 Å². The smallest absolute Gasteiger partial charge is 0.339 e. The summed E-state index contributed by atoms with van der Waals surface area (Å²) >= 11 is 8.54. The number of esters is 1. The van der Waals surface area contributed by atoms with E-state index >= 15 is 0 Å². The average Bonchev–Trinajstić information content (AvgIpc) is 2.29. The number of benzene rings is 1. The minimum Gasteiger partial charge on any atom is -0.478 e. The molecule has 0 amide bonds. The lowest BCUT2D eigenvalue weighted by molar-refractivity contribution is -0.134. The Morgan fingerprint density at radius 1 is 1.33 bits per heavy atom. The van der Waals surface area contributed by atoms with Gasteiger partial charge in [-0.15, -0.1) is 0 Å². The number of carboxylic acids is 1. The second-order valence-electron chi connectivity index (χ2n) is 3.34. The van der Waals surface area contributed by atoms with Crippen LogP contribution in [-0.2, 0) is 4.79 Å². The number of ether oxygens (including phenoxy) is 1. The van der Waals surface area contributed by atoms with Gasteiger partial charge in [0.1, 0.15) is 5.56 Å². The van der Waals surface area contributed by atoms with Crippen molar-refractivity contribution in [3.05, 3.63) is 26.6 Å². The van der Waals surface area contributed by atoms with Crippen molar-refractivity contribution in [3.63, 3.8) is 0 Å². The fourth-order valence-corrected chi connectivity index (χ4v) is 2.89. The van der Waals surface area contributed by atoms with Crippen molar-refractivity contribution in [2.45, 2.75) is 12.8 Å². The number of aromatic carboxylic acids is 1. The summed E-state index contributed by atoms with van der Waals surface area (Å²) in [5, 5.41) is 9.07. The molecule has 0 saturated heterocycles. The first-order valence-electron chi connectivity index (χ1n) is 4.94. The molecule has 0 aliphatic carbocycles. The van der Waals surface area contributed by atoms with Gasteiger partial charge in [0, 0.05) is 15.3 Å². The Labute approximate surface area is 134 Å². The number of carbonyl (C=O) groups excluding carboxylic acids is 1. The van der Waals surface area contributed by atoms with E-state index in [4.69, 9.17) is 9.84 Å². The maximum atomic E-state index is 11.5. The third kappa shape index (κ3) is 4.51. The Morgan fingerprint density at radius 3 is 2.56 bits per heavy atom. The topological polar surface area (TPSA) is 63.6 Å². The predicted octanol–water partition coefficient (Wildman–Crippen LogP) is 4.03. The van der Waals surface area contributed by atoms with Gasteiger partial charge in [-0.3, -0.25) is 4.79 Å². The van der Waals surface area contributed by atoms with Gasteiger partial charge in [0.15, 0.2) is 5.75 Å². The maximum Gasteiger partial charge on any atom is 0.339 e. The van der Waals surface area contributed by atoms with E-state index in [9.17, 15) is 9.59 Å². The summed E-state index contributed by atoms with van der Waals surface area (Å²) in [6, 6.07) is 3.03. The second kappa shape index (κ2) is 7.44. The maximum absolute atomic E-state index is 11.5. The van der Waals surface area contributed by atoms with Gasteiger partial charge in [0.05, 0.1) is 4.47 Å². The summed E-state index contributed by atoms with van der Waals surface area (Å²) < 4.78 is 6.98. The van der Waals surface area contributed by atoms with Gasteiger partial charge in [0.25, 0.3) is 0 Å². The van der Waals surface area contributed by atoms with Crippen molar-refractivity contribution < 1.29 is 19.4 Å². The fourth-order valence-electron chi connectivity index (χ4n) is 1.20. The summed E-state index contributed by atoms with van der Waals surface area (Å²) in [7, 11) is 0. The highest BCUT2D eigenvalue weighted by atomic mass is 127. The minimum atomic E-state index is -1.14. The monoisotopic (exact) mass is 490 g/mol. The lowest BCUT2D eigenvalue weighted by Crippen LogP contribution is -2.11. The fraction of sp³-hybridized carbons (Fsp3) is 0.273. The van der Waals surface area contributed by atoms with E-state index in [1.54, 1.807) is 6.07 Å². The van der Waals surface area contributed by atoms with E-state index in [0.717, 1.165) is 4.43 Å². The van der Waals surface area contributed by atoms with Crippen LogP contribution in [0.4, 0.5) is 0 Å². The first-order valence-corrected chi connectivity index (χ1v) is 8.06. The first kappa shape index (κ1) is 15.9. The number of carboxylic acid groups (broad SMARTS) is 1. The molecule has 0 radical (unpaired) electrons. The Morgan fingerprint density at radius 2 is 2.00 bits per heavy atom. The zero-order valence-electron chi connectivity index (χ0n) is 9.08. The van der Waals surface area contributed by atoms with Crippen LogP contribution in [0, 0.1) is 0 Å². The third-order valence-electron chi connectivity index (χ3n) is 1.97. The number of hydrogen-bond acceptors (Lipinski definition) is 3. The van der Waals surface area contributed by atoms with E-state index in [1.807, 2.05) is 0 Å². The molecule has 0 aliphatic rings. The van der Waals surface area contributed by atoms with E-state index in [-0.39, 0.29) is 17.7 Å². The molecular formula is C11H9Br2IO4. The summed E-state index contributed by atoms with van der Waals surface area (Å²) in [5.41, 5.74) is -0.0564. The van der Waals surface area contributed by atoms with E-state index in [1.165, 1.54) is 6.07 Å². The van der Waals surface area contributed by atoms with Gasteiger partial charge in [-0.05, 0) is 34.5 Å². The zero-order chi connectivity index (χ0) is 13.7. The predicted molar refractivity (Wildman–Crippen MR) is 82.6 cm³/mol. The van der Waals surface area contributed by atoms with Crippen LogP contribution in [0.25, 0.3) is 0 Å². The summed E-state index contributed by atoms with van der Waals surface area (Å²) in [4.78, 5) is 22.6. The summed E-state index contributed by atoms with van der Waals surface area (Å²) in [6.45, 7) is 0. The molecule has 0 fully saturated rings. The Hall–Kier alpha value is -0.150. The molecule has 0 bridgehead atoms. The van der Waals surface area contributed by atoms with Gasteiger partial charge in [0.2, 0.25) is 0 Å². The molecule has 1 aromatic carbocycles. The summed E-state index contributed by atoms with van der Waals surface area (Å²) in [6.07, 6.45) is 0.973. The molecule has 4 nitrogen and oxygen atoms in total. The first-order chi connectivity index (χ1) is 8.45. The van der Waals surface area contributed by atoms with E-state index in [2.05, 4.69) is 54.5 Å². The van der Waals surface area contributed by atoms with Gasteiger partial charge in [-0.1, -0.05) is 38.5 Å². The molecule has 18 heavy (non-hydrogen) atoms. The number of hydrogen-bond donors (Lipinski definition) is 1. The van der Waals surface area contributed by atoms with Crippen LogP contribution < -0.4 is 4.74 Å². The molecule has 0 unspecified atom stereocenters. The molecule has 98 valence electrons. The van der Waals surface area contributed by atoms with Crippen LogP contribution >= 0.6 is 54.5 Å². The molecular weight excluding hydrogens is 483 g/mol. The van der Waals surface area contributed by atoms with Crippen LogP contribution in [0.1, 0.15) is 23.2 Å². The average molecular weight is 492 g/mol. The molecule has 0 heterocycles. The summed E-state index contributed by atoms with van der Waals surface area (Å²) in [5.74, 6) is -1.53. The van der Waals surface area contributed by atoms with Crippen LogP contribution in [0.3, 0.4) is 0 Å². The molecule has 0 atom stereocenters. The number of alkyl halides is 1. The molecule has 1 N–H and O–H groups in total. The van der Waals surface area contributed by atoms with E-state index in [0.29, 0.717) is 15.4 Å². The molecule has 1 rings (SSSR count). The molecule has 7 heteroatoms. The van der Waals surface area contributed by atoms with Crippen molar-refractivity contribution in [2.75, 3.05) is 4.43 Å². The highest BCUT2D eigenvalue weighted by Gasteiger charge is 2.18. The largest absolute Gasteiger partial charge is 0.478 e. The van der Waals surface area contributed by atoms with Crippen molar-refractivity contribution in [1.82, 2.24) is 0 Å². The molecule has 0 saturated carbocycles. The lowest BCUT2D eigenvalue weighted by Gasteiger charge is -2.10. The van der Waals surface area contributed by atoms with Crippen molar-refractivity contribution in [3.8, 4) is 5.75 Å². The Balaban J connectivity index is 3.00. The molecule has 0 aromatic heterocycles. The van der Waals surface area contributed by atoms with Crippen LogP contribution in [-0.4, -0.2) is 21.5 Å². The zero-order valence-corrected chi connectivity index (χ0v) is 14.4. The van der Waals surface area contributed by atoms with Gasteiger partial charge in [-0.2, -0.15) is 0 Å². The van der Waals surface area contributed by atoms with Crippen molar-refractivity contribution >= 4 is 66.4 Å². The van der Waals surface area contributed by atoms with Gasteiger partial charge < -0.3 is 9.84 Å². The van der Waals surface area contributed by atoms with E-state index < -0.39 is 11.9 Å². The Kier molecular flexibility index (Phi) is 6.58. The van der Waals surface area contributed by atoms with Crippen LogP contribution in [0.2, 0.25) is 0 Å². The van der Waals surface area contributed by atoms with Crippen LogP contribution in [0.5, 0.6) is 5.75 Å². The number of halogens is 3. The quantitative estimate of drug-likeness (QED) is 0.292. The van der Waals surface area contributed by atoms with Crippen molar-refractivity contribution in [2.24, 2.45) is 0 Å². The molecule has 0 spiro atoms. The molecule has 0 aliphatic heterocycles. The molecule has 1 aromatic rings. The lowest BCUT2D eigenvalue weighted by atomic mass is 10.2. The normalized spacial score (nSPS) is 10.2. The van der Waals surface area contributed by atoms with Gasteiger partial charge >= 0.3 is 11.9 Å². The highest BCUT2D eigenvalue weighted by molar-refractivity contribution is 14.1. The van der Waals surface area contributed by atoms with Gasteiger partial charge in [-0.25, -0.2) is 4.79 Å². The highest BCUT2D eigenvalue weighted by Crippen LogP contribution is 2.33. The Bertz CT molecular complexity index is 476. The SMILES string of the molecule is O=C(CCCI)Oc1c(Br)cc(Br)cc1C(=O)O. The number of rotatable bonds is 5. The standard InChI is InChI=1S/C11H9Br2IO4/c12-6-4-7(11(16)17)10(8(13)5-6)18-9(15)2-1-3-14/h4-5H,1-3H2,(H,16,17). The number of carbonyl (C=O) groups is 2. The third-order valence-corrected chi connectivity index (χ3v) is 3.78. The minimum absolute atomic E-state index is 0.0455. The van der Waals surface area contributed by atoms with Crippen molar-refractivity contribution in [1.29, 1.82) is 0 Å². The second-order valence-corrected chi connectivity index (χ2v) is 6.18.